The first-order chi connectivity index (χ1) is 47.5. The molecule has 0 bridgehead atoms. The molecular weight excluding hydrogens is 1310 g/mol. The van der Waals surface area contributed by atoms with Gasteiger partial charge in [-0.2, -0.15) is 0 Å². The molecule has 16 aromatic rings. The molecule has 0 aliphatic heterocycles. The summed E-state index contributed by atoms with van der Waals surface area (Å²) in [6.07, 6.45) is 14.6. The molecule has 0 aliphatic rings. The van der Waals surface area contributed by atoms with Gasteiger partial charge < -0.3 is 16.0 Å². The lowest BCUT2D eigenvalue weighted by Crippen LogP contribution is -2.02. The number of fused-ring (bicyclic) bond motifs is 3. The molecule has 0 saturated heterocycles. The van der Waals surface area contributed by atoms with Crippen molar-refractivity contribution >= 4 is 104 Å². The SMILES string of the molecule is Cc1cc(-c2ncc(NCc3ccc(-c4cccnc4)nc3)cc2-c2ccc3ncsc3c2)ccc1F.Cc1cc(-c2ncc(NCc3cncs3)cc2-c2ccc3ncsc3c2)ccc1F.Cc1cc(-c2ncc(NCc3nccs3)cc2-c2ccc3ncsc3c2)ccc1F. The zero-order chi connectivity index (χ0) is 66.2. The Hall–Kier alpha value is -10.8. The number of aromatic nitrogens is 10. The van der Waals surface area contributed by atoms with Gasteiger partial charge in [-0.3, -0.25) is 29.9 Å². The van der Waals surface area contributed by atoms with Crippen LogP contribution in [0.1, 0.15) is 32.1 Å². The molecular formula is C76H56F3N13S5. The molecule has 10 heterocycles. The third-order valence-electron chi connectivity index (χ3n) is 16.0. The minimum atomic E-state index is -0.224. The average Bonchev–Trinajstić information content (AvgIpc) is 1.85. The molecule has 0 spiro atoms. The number of benzene rings is 6. The normalized spacial score (nSPS) is 11.1. The molecule has 0 fully saturated rings. The van der Waals surface area contributed by atoms with Crippen LogP contribution < -0.4 is 16.0 Å². The number of nitrogens with one attached hydrogen (secondary N) is 3. The highest BCUT2D eigenvalue weighted by Crippen LogP contribution is 2.39. The van der Waals surface area contributed by atoms with E-state index in [0.29, 0.717) is 36.3 Å². The van der Waals surface area contributed by atoms with Crippen LogP contribution >= 0.6 is 56.7 Å². The smallest absolute Gasteiger partial charge is 0.126 e. The highest BCUT2D eigenvalue weighted by atomic mass is 32.1. The molecule has 0 amide bonds. The maximum Gasteiger partial charge on any atom is 0.126 e. The van der Waals surface area contributed by atoms with Gasteiger partial charge in [0.1, 0.15) is 22.5 Å². The fourth-order valence-electron chi connectivity index (χ4n) is 10.9. The topological polar surface area (TPSA) is 165 Å². The van der Waals surface area contributed by atoms with Crippen molar-refractivity contribution in [1.82, 2.24) is 49.8 Å². The predicted molar refractivity (Wildman–Crippen MR) is 393 cm³/mol. The molecule has 0 radical (unpaired) electrons. The molecule has 0 aliphatic carbocycles. The second-order valence-corrected chi connectivity index (χ2v) is 27.2. The lowest BCUT2D eigenvalue weighted by Gasteiger charge is -2.14. The van der Waals surface area contributed by atoms with E-state index in [-0.39, 0.29) is 17.5 Å². The first-order valence-corrected chi connectivity index (χ1v) is 35.0. The van der Waals surface area contributed by atoms with Crippen LogP contribution in [0.4, 0.5) is 30.2 Å². The van der Waals surface area contributed by atoms with E-state index in [2.05, 4.69) is 112 Å². The molecule has 3 N–H and O–H groups in total. The summed E-state index contributed by atoms with van der Waals surface area (Å²) in [6, 6.07) is 48.3. The van der Waals surface area contributed by atoms with E-state index in [9.17, 15) is 13.2 Å². The molecule has 97 heavy (non-hydrogen) atoms. The van der Waals surface area contributed by atoms with Gasteiger partial charge in [-0.25, -0.2) is 33.1 Å². The summed E-state index contributed by atoms with van der Waals surface area (Å²) in [4.78, 5) is 45.8. The van der Waals surface area contributed by atoms with Crippen LogP contribution in [0.2, 0.25) is 0 Å². The fourth-order valence-corrected chi connectivity index (χ4v) is 14.2. The number of thiazole rings is 5. The minimum absolute atomic E-state index is 0.214. The van der Waals surface area contributed by atoms with Gasteiger partial charge in [0.05, 0.1) is 124 Å². The highest BCUT2D eigenvalue weighted by Gasteiger charge is 2.18. The third kappa shape index (κ3) is 14.9. The number of nitrogens with zero attached hydrogens (tertiary/aromatic N) is 10. The summed E-state index contributed by atoms with van der Waals surface area (Å²) >= 11 is 8.06. The Labute approximate surface area is 576 Å². The van der Waals surface area contributed by atoms with Crippen LogP contribution in [0, 0.1) is 38.2 Å². The summed E-state index contributed by atoms with van der Waals surface area (Å²) in [5.41, 5.74) is 28.9. The number of aryl methyl sites for hydroxylation is 3. The molecule has 13 nitrogen and oxygen atoms in total. The van der Waals surface area contributed by atoms with Crippen molar-refractivity contribution in [2.75, 3.05) is 16.0 Å². The van der Waals surface area contributed by atoms with E-state index in [1.807, 2.05) is 113 Å². The quantitative estimate of drug-likeness (QED) is 0.0838. The first kappa shape index (κ1) is 63.6. The number of pyridine rings is 5. The van der Waals surface area contributed by atoms with Crippen LogP contribution in [-0.4, -0.2) is 49.8 Å². The molecule has 476 valence electrons. The number of hydrogen-bond acceptors (Lipinski definition) is 18. The summed E-state index contributed by atoms with van der Waals surface area (Å²) in [7, 11) is 0. The molecule has 0 atom stereocenters. The van der Waals surface area contributed by atoms with Crippen LogP contribution in [0.3, 0.4) is 0 Å². The fraction of sp³-hybridized carbons (Fsp3) is 0.0789. The van der Waals surface area contributed by atoms with Crippen molar-refractivity contribution < 1.29 is 13.2 Å². The van der Waals surface area contributed by atoms with E-state index < -0.39 is 0 Å². The molecule has 10 aromatic heterocycles. The molecule has 16 rings (SSSR count). The Morgan fingerprint density at radius 2 is 0.825 bits per heavy atom. The standard InChI is InChI=1S/C30H22FN5S.2C23H17FN4S2/c1-19-11-22(5-7-26(19)31)30-25(21-6-9-28-29(12-21)37-18-36-28)13-24(17-35-30)33-14-20-4-8-27(34-15-20)23-3-2-10-32-16-23;1-14-6-16(2-4-20(14)24)23-19(15-3-5-21-22(7-15)30-13-28-21)8-17(9-27-23)26-11-18-10-25-12-29-18;1-14-8-16(2-4-19(14)24)23-18(15-3-5-20-21(9-15)30-13-28-20)10-17(11-27-23)26-12-22-25-6-7-29-22/h2-13,15-18,33H,14H2,1H3;2-10,12-13,26H,11H2,1H3;2-11,13,26H,12H2,1H3. The van der Waals surface area contributed by atoms with E-state index in [4.69, 9.17) is 15.0 Å². The summed E-state index contributed by atoms with van der Waals surface area (Å²) in [5.74, 6) is -0.653. The molecule has 6 aromatic carbocycles. The molecule has 0 unspecified atom stereocenters. The van der Waals surface area contributed by atoms with Gasteiger partial charge in [-0.1, -0.05) is 24.3 Å². The average molecular weight is 1370 g/mol. The van der Waals surface area contributed by atoms with Gasteiger partial charge in [-0.05, 0) is 187 Å². The zero-order valence-electron chi connectivity index (χ0n) is 52.2. The van der Waals surface area contributed by atoms with Gasteiger partial charge in [0, 0.05) is 86.7 Å². The Morgan fingerprint density at radius 3 is 1.24 bits per heavy atom. The van der Waals surface area contributed by atoms with Gasteiger partial charge in [0.25, 0.3) is 0 Å². The molecule has 0 saturated carbocycles. The Bertz CT molecular complexity index is 5210. The maximum atomic E-state index is 14.0. The first-order valence-electron chi connectivity index (χ1n) is 30.6. The molecule has 21 heteroatoms. The monoisotopic (exact) mass is 1370 g/mol. The summed E-state index contributed by atoms with van der Waals surface area (Å²) in [6.45, 7) is 7.24. The van der Waals surface area contributed by atoms with E-state index in [0.717, 1.165) is 142 Å². The van der Waals surface area contributed by atoms with Crippen molar-refractivity contribution in [2.24, 2.45) is 0 Å². The summed E-state index contributed by atoms with van der Waals surface area (Å²) in [5, 5.41) is 13.3. The second kappa shape index (κ2) is 29.0. The second-order valence-electron chi connectivity index (χ2n) is 22.6. The van der Waals surface area contributed by atoms with Crippen LogP contribution in [-0.2, 0) is 19.6 Å². The van der Waals surface area contributed by atoms with Gasteiger partial charge in [0.15, 0.2) is 0 Å². The highest BCUT2D eigenvalue weighted by molar-refractivity contribution is 7.17. The minimum Gasteiger partial charge on any atom is -0.380 e. The number of halogens is 3. The predicted octanol–water partition coefficient (Wildman–Crippen LogP) is 20.6. The van der Waals surface area contributed by atoms with Crippen molar-refractivity contribution in [3.8, 4) is 78.4 Å². The zero-order valence-corrected chi connectivity index (χ0v) is 56.3. The van der Waals surface area contributed by atoms with Crippen molar-refractivity contribution in [3.63, 3.8) is 0 Å². The maximum absolute atomic E-state index is 14.0. The third-order valence-corrected chi connectivity index (χ3v) is 20.0. The van der Waals surface area contributed by atoms with Crippen molar-refractivity contribution in [3.05, 3.63) is 278 Å². The van der Waals surface area contributed by atoms with Crippen LogP contribution in [0.5, 0.6) is 0 Å². The van der Waals surface area contributed by atoms with E-state index in [1.165, 1.54) is 18.2 Å². The summed E-state index contributed by atoms with van der Waals surface area (Å²) < 4.78 is 45.0. The van der Waals surface area contributed by atoms with Crippen molar-refractivity contribution in [2.45, 2.75) is 40.4 Å². The van der Waals surface area contributed by atoms with Gasteiger partial charge >= 0.3 is 0 Å². The van der Waals surface area contributed by atoms with Crippen LogP contribution in [0.25, 0.3) is 109 Å². The van der Waals surface area contributed by atoms with Gasteiger partial charge in [0.2, 0.25) is 0 Å². The van der Waals surface area contributed by atoms with E-state index >= 15 is 0 Å². The largest absolute Gasteiger partial charge is 0.380 e. The Balaban J connectivity index is 0.000000126. The lowest BCUT2D eigenvalue weighted by molar-refractivity contribution is 0.618. The Morgan fingerprint density at radius 1 is 0.351 bits per heavy atom. The van der Waals surface area contributed by atoms with Crippen molar-refractivity contribution in [1.29, 1.82) is 0 Å². The number of rotatable bonds is 16. The van der Waals surface area contributed by atoms with Crippen LogP contribution in [0.15, 0.2) is 229 Å². The Kier molecular flexibility index (Phi) is 19.0. The van der Waals surface area contributed by atoms with E-state index in [1.54, 1.807) is 114 Å². The number of anilines is 3. The van der Waals surface area contributed by atoms with Gasteiger partial charge in [-0.15, -0.1) is 56.7 Å². The number of hydrogen-bond donors (Lipinski definition) is 3. The lowest BCUT2D eigenvalue weighted by atomic mass is 9.97.